The molecule has 1 aromatic carbocycles. The maximum atomic E-state index is 12.6. The summed E-state index contributed by atoms with van der Waals surface area (Å²) in [6.07, 6.45) is 1.74. The van der Waals surface area contributed by atoms with Gasteiger partial charge in [0.1, 0.15) is 15.9 Å². The van der Waals surface area contributed by atoms with Crippen LogP contribution in [0, 0.1) is 0 Å². The summed E-state index contributed by atoms with van der Waals surface area (Å²) < 4.78 is 30.4. The summed E-state index contributed by atoms with van der Waals surface area (Å²) in [5, 5.41) is 13.7. The SMILES string of the molecule is CCCn1nnnc1COC(=O)C(CCS(C)(=O)=O)NC(=O)c1ccccc1Br. The number of rotatable bonds is 10. The molecule has 0 saturated carbocycles. The summed E-state index contributed by atoms with van der Waals surface area (Å²) in [7, 11) is -3.34. The number of esters is 1. The van der Waals surface area contributed by atoms with Crippen LogP contribution in [-0.4, -0.2) is 58.6 Å². The Morgan fingerprint density at radius 3 is 2.69 bits per heavy atom. The summed E-state index contributed by atoms with van der Waals surface area (Å²) in [6, 6.07) is 5.55. The van der Waals surface area contributed by atoms with Gasteiger partial charge in [0.2, 0.25) is 0 Å². The van der Waals surface area contributed by atoms with Crippen molar-refractivity contribution in [3.8, 4) is 0 Å². The first-order valence-electron chi connectivity index (χ1n) is 8.86. The topological polar surface area (TPSA) is 133 Å². The Balaban J connectivity index is 2.09. The van der Waals surface area contributed by atoms with E-state index in [2.05, 4.69) is 36.8 Å². The fourth-order valence-corrected chi connectivity index (χ4v) is 3.54. The van der Waals surface area contributed by atoms with Gasteiger partial charge in [-0.15, -0.1) is 5.10 Å². The largest absolute Gasteiger partial charge is 0.456 e. The summed E-state index contributed by atoms with van der Waals surface area (Å²) in [4.78, 5) is 25.1. The van der Waals surface area contributed by atoms with Crippen molar-refractivity contribution < 1.29 is 22.7 Å². The Kier molecular flexibility index (Phi) is 8.26. The molecule has 0 aliphatic rings. The number of carbonyl (C=O) groups is 2. The number of sulfone groups is 1. The van der Waals surface area contributed by atoms with Crippen LogP contribution in [0.25, 0.3) is 0 Å². The fourth-order valence-electron chi connectivity index (χ4n) is 2.41. The average Bonchev–Trinajstić information content (AvgIpc) is 3.10. The molecule has 0 spiro atoms. The molecule has 0 bridgehead atoms. The number of ether oxygens (including phenoxy) is 1. The van der Waals surface area contributed by atoms with Gasteiger partial charge in [0.15, 0.2) is 12.4 Å². The van der Waals surface area contributed by atoms with Crippen LogP contribution in [0.5, 0.6) is 0 Å². The Hall–Kier alpha value is -2.34. The van der Waals surface area contributed by atoms with Gasteiger partial charge in [-0.1, -0.05) is 19.1 Å². The number of aryl methyl sites for hydroxylation is 1. The number of carbonyl (C=O) groups excluding carboxylic acids is 2. The zero-order valence-electron chi connectivity index (χ0n) is 16.0. The summed E-state index contributed by atoms with van der Waals surface area (Å²) in [5.74, 6) is -1.21. The molecular weight excluding hydrogens is 466 g/mol. The summed E-state index contributed by atoms with van der Waals surface area (Å²) >= 11 is 3.28. The fraction of sp³-hybridized carbons (Fsp3) is 0.471. The van der Waals surface area contributed by atoms with Gasteiger partial charge in [-0.05, 0) is 51.3 Å². The van der Waals surface area contributed by atoms with Gasteiger partial charge in [0.05, 0.1) is 11.3 Å². The van der Waals surface area contributed by atoms with Gasteiger partial charge in [-0.3, -0.25) is 4.79 Å². The van der Waals surface area contributed by atoms with E-state index in [1.807, 2.05) is 6.92 Å². The molecule has 0 saturated heterocycles. The van der Waals surface area contributed by atoms with Gasteiger partial charge < -0.3 is 10.1 Å². The Morgan fingerprint density at radius 2 is 2.03 bits per heavy atom. The first kappa shape index (κ1) is 22.9. The van der Waals surface area contributed by atoms with Crippen molar-refractivity contribution in [2.24, 2.45) is 0 Å². The van der Waals surface area contributed by atoms with Crippen molar-refractivity contribution in [1.29, 1.82) is 0 Å². The van der Waals surface area contributed by atoms with E-state index in [0.717, 1.165) is 12.7 Å². The number of nitrogens with one attached hydrogen (secondary N) is 1. The van der Waals surface area contributed by atoms with Crippen LogP contribution in [0.2, 0.25) is 0 Å². The molecule has 0 radical (unpaired) electrons. The minimum absolute atomic E-state index is 0.117. The molecule has 0 aliphatic heterocycles. The minimum Gasteiger partial charge on any atom is -0.456 e. The van der Waals surface area contributed by atoms with Crippen LogP contribution in [0.3, 0.4) is 0 Å². The van der Waals surface area contributed by atoms with Crippen LogP contribution in [0.15, 0.2) is 28.7 Å². The third-order valence-electron chi connectivity index (χ3n) is 3.87. The number of nitrogens with zero attached hydrogens (tertiary/aromatic N) is 4. The van der Waals surface area contributed by atoms with E-state index in [-0.39, 0.29) is 18.8 Å². The van der Waals surface area contributed by atoms with Crippen molar-refractivity contribution in [2.45, 2.75) is 39.0 Å². The molecule has 2 rings (SSSR count). The molecule has 1 N–H and O–H groups in total. The molecule has 2 aromatic rings. The van der Waals surface area contributed by atoms with Gasteiger partial charge >= 0.3 is 5.97 Å². The van der Waals surface area contributed by atoms with E-state index in [1.165, 1.54) is 4.68 Å². The van der Waals surface area contributed by atoms with E-state index < -0.39 is 27.8 Å². The van der Waals surface area contributed by atoms with Gasteiger partial charge in [0, 0.05) is 17.3 Å². The molecule has 1 heterocycles. The lowest BCUT2D eigenvalue weighted by atomic mass is 10.1. The summed E-state index contributed by atoms with van der Waals surface area (Å²) in [5.41, 5.74) is 0.316. The zero-order chi connectivity index (χ0) is 21.4. The van der Waals surface area contributed by atoms with E-state index in [1.54, 1.807) is 24.3 Å². The second-order valence-corrected chi connectivity index (χ2v) is 9.46. The van der Waals surface area contributed by atoms with Crippen LogP contribution in [0.4, 0.5) is 0 Å². The number of amides is 1. The molecule has 1 unspecified atom stereocenters. The molecule has 1 aromatic heterocycles. The maximum Gasteiger partial charge on any atom is 0.329 e. The third kappa shape index (κ3) is 7.20. The smallest absolute Gasteiger partial charge is 0.329 e. The van der Waals surface area contributed by atoms with Crippen LogP contribution < -0.4 is 5.32 Å². The predicted molar refractivity (Wildman–Crippen MR) is 108 cm³/mol. The highest BCUT2D eigenvalue weighted by Crippen LogP contribution is 2.16. The van der Waals surface area contributed by atoms with Crippen LogP contribution in [0.1, 0.15) is 35.9 Å². The molecule has 12 heteroatoms. The number of aromatic nitrogens is 4. The predicted octanol–water partition coefficient (Wildman–Crippen LogP) is 1.12. The monoisotopic (exact) mass is 487 g/mol. The minimum atomic E-state index is -3.34. The standard InChI is InChI=1S/C17H22BrN5O5S/c1-3-9-23-15(20-21-22-23)11-28-17(25)14(8-10-29(2,26)27)19-16(24)12-6-4-5-7-13(12)18/h4-7,14H,3,8-11H2,1-2H3,(H,19,24). The van der Waals surface area contributed by atoms with Gasteiger partial charge in [0.25, 0.3) is 5.91 Å². The quantitative estimate of drug-likeness (QED) is 0.492. The van der Waals surface area contributed by atoms with Crippen molar-refractivity contribution in [1.82, 2.24) is 25.5 Å². The Bertz CT molecular complexity index is 963. The molecular formula is C17H22BrN5O5S. The van der Waals surface area contributed by atoms with Crippen molar-refractivity contribution in [3.63, 3.8) is 0 Å². The van der Waals surface area contributed by atoms with Gasteiger partial charge in [-0.2, -0.15) is 0 Å². The van der Waals surface area contributed by atoms with Crippen molar-refractivity contribution >= 4 is 37.6 Å². The van der Waals surface area contributed by atoms with E-state index in [9.17, 15) is 18.0 Å². The second-order valence-electron chi connectivity index (χ2n) is 6.35. The maximum absolute atomic E-state index is 12.6. The molecule has 1 amide bonds. The summed E-state index contributed by atoms with van der Waals surface area (Å²) in [6.45, 7) is 2.33. The highest BCUT2D eigenvalue weighted by molar-refractivity contribution is 9.10. The van der Waals surface area contributed by atoms with Crippen molar-refractivity contribution in [3.05, 3.63) is 40.1 Å². The van der Waals surface area contributed by atoms with Crippen LogP contribution >= 0.6 is 15.9 Å². The van der Waals surface area contributed by atoms with E-state index >= 15 is 0 Å². The van der Waals surface area contributed by atoms with Gasteiger partial charge in [-0.25, -0.2) is 17.9 Å². The molecule has 10 nitrogen and oxygen atoms in total. The lowest BCUT2D eigenvalue weighted by molar-refractivity contribution is -0.147. The number of benzene rings is 1. The Morgan fingerprint density at radius 1 is 1.31 bits per heavy atom. The lowest BCUT2D eigenvalue weighted by Crippen LogP contribution is -2.43. The van der Waals surface area contributed by atoms with Crippen molar-refractivity contribution in [2.75, 3.05) is 12.0 Å². The number of hydrogen-bond acceptors (Lipinski definition) is 8. The Labute approximate surface area is 177 Å². The molecule has 0 aliphatic carbocycles. The average molecular weight is 488 g/mol. The zero-order valence-corrected chi connectivity index (χ0v) is 18.4. The highest BCUT2D eigenvalue weighted by atomic mass is 79.9. The lowest BCUT2D eigenvalue weighted by Gasteiger charge is -2.17. The number of hydrogen-bond donors (Lipinski definition) is 1. The van der Waals surface area contributed by atoms with Crippen LogP contribution in [-0.2, 0) is 32.5 Å². The first-order valence-corrected chi connectivity index (χ1v) is 11.7. The number of halogens is 1. The molecule has 0 fully saturated rings. The van der Waals surface area contributed by atoms with E-state index in [0.29, 0.717) is 22.4 Å². The third-order valence-corrected chi connectivity index (χ3v) is 5.54. The highest BCUT2D eigenvalue weighted by Gasteiger charge is 2.25. The van der Waals surface area contributed by atoms with E-state index in [4.69, 9.17) is 4.74 Å². The molecule has 29 heavy (non-hydrogen) atoms. The number of tetrazole rings is 1. The first-order chi connectivity index (χ1) is 13.7. The molecule has 158 valence electrons. The molecule has 1 atom stereocenters. The second kappa shape index (κ2) is 10.4. The normalized spacial score (nSPS) is 12.4.